The molecule has 0 unspecified atom stereocenters. The van der Waals surface area contributed by atoms with Crippen molar-refractivity contribution < 1.29 is 10.1 Å². The first kappa shape index (κ1) is 9.86. The summed E-state index contributed by atoms with van der Waals surface area (Å²) in [6.07, 6.45) is 0. The minimum atomic E-state index is 0.925. The third-order valence-corrected chi connectivity index (χ3v) is 2.04. The number of hydrogen-bond donors (Lipinski definition) is 1. The highest BCUT2D eigenvalue weighted by Crippen LogP contribution is 2.25. The van der Waals surface area contributed by atoms with E-state index >= 15 is 0 Å². The molecule has 3 nitrogen and oxygen atoms in total. The van der Waals surface area contributed by atoms with Crippen LogP contribution in [0.1, 0.15) is 0 Å². The summed E-state index contributed by atoms with van der Waals surface area (Å²) >= 11 is 0. The van der Waals surface area contributed by atoms with Crippen LogP contribution in [0.25, 0.3) is 0 Å². The van der Waals surface area contributed by atoms with Crippen molar-refractivity contribution in [2.75, 3.05) is 33.2 Å². The average molecular weight is 181 g/mol. The van der Waals surface area contributed by atoms with Gasteiger partial charge in [-0.3, -0.25) is 0 Å². The highest BCUT2D eigenvalue weighted by molar-refractivity contribution is 5.58. The van der Waals surface area contributed by atoms with E-state index in [4.69, 9.17) is 4.74 Å². The maximum absolute atomic E-state index is 5.27. The van der Waals surface area contributed by atoms with Crippen LogP contribution in [-0.4, -0.2) is 28.3 Å². The lowest BCUT2D eigenvalue weighted by molar-refractivity contribution is -0.540. The zero-order valence-electron chi connectivity index (χ0n) is 8.66. The van der Waals surface area contributed by atoms with E-state index in [9.17, 15) is 0 Å². The maximum Gasteiger partial charge on any atom is 0.181 e. The lowest BCUT2D eigenvalue weighted by Crippen LogP contribution is -2.72. The van der Waals surface area contributed by atoms with Gasteiger partial charge in [-0.15, -0.1) is 0 Å². The Morgan fingerprint density at radius 3 is 2.46 bits per heavy atom. The zero-order chi connectivity index (χ0) is 9.84. The smallest absolute Gasteiger partial charge is 0.181 e. The van der Waals surface area contributed by atoms with Gasteiger partial charge in [0.1, 0.15) is 0 Å². The van der Waals surface area contributed by atoms with Gasteiger partial charge < -0.3 is 15.0 Å². The monoisotopic (exact) mass is 181 g/mol. The van der Waals surface area contributed by atoms with Gasteiger partial charge in [0.2, 0.25) is 0 Å². The van der Waals surface area contributed by atoms with Gasteiger partial charge >= 0.3 is 0 Å². The first-order valence-corrected chi connectivity index (χ1v) is 4.33. The first-order chi connectivity index (χ1) is 6.19. The van der Waals surface area contributed by atoms with Crippen LogP contribution in [0.2, 0.25) is 0 Å². The molecule has 0 spiro atoms. The molecule has 0 aliphatic rings. The summed E-state index contributed by atoms with van der Waals surface area (Å²) in [4.78, 5) is 2.06. The lowest BCUT2D eigenvalue weighted by atomic mass is 10.2. The average Bonchev–Trinajstić information content (AvgIpc) is 2.16. The van der Waals surface area contributed by atoms with Crippen molar-refractivity contribution in [3.8, 4) is 5.75 Å². The Bertz CT molecular complexity index is 284. The summed E-state index contributed by atoms with van der Waals surface area (Å²) in [7, 11) is 7.74. The Kier molecular flexibility index (Phi) is 3.14. The van der Waals surface area contributed by atoms with E-state index in [-0.39, 0.29) is 0 Å². The zero-order valence-corrected chi connectivity index (χ0v) is 8.66. The fourth-order valence-corrected chi connectivity index (χ4v) is 1.22. The van der Waals surface area contributed by atoms with Crippen LogP contribution >= 0.6 is 0 Å². The SMILES string of the molecule is C[NH2+]c1ccc(N(C)C)cc1OC. The quantitative estimate of drug-likeness (QED) is 0.691. The molecular weight excluding hydrogens is 164 g/mol. The van der Waals surface area contributed by atoms with Crippen LogP contribution in [0.3, 0.4) is 0 Å². The fourth-order valence-electron chi connectivity index (χ4n) is 1.22. The third kappa shape index (κ3) is 2.12. The molecule has 0 aromatic heterocycles. The van der Waals surface area contributed by atoms with Crippen LogP contribution in [0, 0.1) is 0 Å². The summed E-state index contributed by atoms with van der Waals surface area (Å²) in [5, 5.41) is 2.04. The van der Waals surface area contributed by atoms with E-state index in [1.165, 1.54) is 0 Å². The topological polar surface area (TPSA) is 29.1 Å². The number of quaternary nitrogens is 1. The molecule has 1 rings (SSSR count). The predicted octanol–water partition coefficient (Wildman–Crippen LogP) is 0.586. The molecule has 13 heavy (non-hydrogen) atoms. The van der Waals surface area contributed by atoms with E-state index in [2.05, 4.69) is 17.0 Å². The molecule has 0 amide bonds. The maximum atomic E-state index is 5.27. The number of hydrogen-bond acceptors (Lipinski definition) is 2. The number of anilines is 1. The third-order valence-electron chi connectivity index (χ3n) is 2.04. The molecule has 0 aliphatic heterocycles. The molecule has 1 aromatic rings. The van der Waals surface area contributed by atoms with Gasteiger partial charge in [-0.05, 0) is 6.07 Å². The number of nitrogens with zero attached hydrogens (tertiary/aromatic N) is 1. The van der Waals surface area contributed by atoms with Gasteiger partial charge in [0.15, 0.2) is 11.4 Å². The number of rotatable bonds is 3. The van der Waals surface area contributed by atoms with Crippen molar-refractivity contribution in [1.82, 2.24) is 0 Å². The van der Waals surface area contributed by atoms with Gasteiger partial charge in [-0.25, -0.2) is 0 Å². The molecule has 0 atom stereocenters. The van der Waals surface area contributed by atoms with E-state index in [1.807, 2.05) is 32.5 Å². The molecule has 0 bridgehead atoms. The molecule has 3 heteroatoms. The van der Waals surface area contributed by atoms with Crippen molar-refractivity contribution >= 4 is 11.4 Å². The summed E-state index contributed by atoms with van der Waals surface area (Å²) in [6.45, 7) is 0. The molecule has 0 saturated heterocycles. The molecular formula is C10H17N2O+. The van der Waals surface area contributed by atoms with E-state index in [1.54, 1.807) is 7.11 Å². The van der Waals surface area contributed by atoms with Crippen molar-refractivity contribution in [3.63, 3.8) is 0 Å². The molecule has 0 saturated carbocycles. The van der Waals surface area contributed by atoms with Crippen molar-refractivity contribution in [2.24, 2.45) is 0 Å². The van der Waals surface area contributed by atoms with Gasteiger partial charge in [-0.2, -0.15) is 0 Å². The van der Waals surface area contributed by atoms with Crippen molar-refractivity contribution in [2.45, 2.75) is 0 Å². The number of ether oxygens (including phenoxy) is 1. The fraction of sp³-hybridized carbons (Fsp3) is 0.400. The largest absolute Gasteiger partial charge is 0.491 e. The van der Waals surface area contributed by atoms with Crippen LogP contribution in [0.15, 0.2) is 18.2 Å². The Morgan fingerprint density at radius 1 is 1.31 bits per heavy atom. The molecule has 2 N–H and O–H groups in total. The summed E-state index contributed by atoms with van der Waals surface area (Å²) in [6, 6.07) is 6.18. The van der Waals surface area contributed by atoms with Crippen LogP contribution in [-0.2, 0) is 0 Å². The summed E-state index contributed by atoms with van der Waals surface area (Å²) < 4.78 is 5.27. The first-order valence-electron chi connectivity index (χ1n) is 4.33. The summed E-state index contributed by atoms with van der Waals surface area (Å²) in [5.41, 5.74) is 2.29. The van der Waals surface area contributed by atoms with E-state index in [0.717, 1.165) is 17.1 Å². The Hall–Kier alpha value is -1.22. The molecule has 0 fully saturated rings. The highest BCUT2D eigenvalue weighted by Gasteiger charge is 2.06. The number of methoxy groups -OCH3 is 1. The molecule has 1 aromatic carbocycles. The minimum absolute atomic E-state index is 0.925. The molecule has 0 aliphatic carbocycles. The second-order valence-corrected chi connectivity index (χ2v) is 3.11. The Labute approximate surface area is 79.3 Å². The Morgan fingerprint density at radius 2 is 2.00 bits per heavy atom. The van der Waals surface area contributed by atoms with Gasteiger partial charge in [0, 0.05) is 31.9 Å². The highest BCUT2D eigenvalue weighted by atomic mass is 16.5. The van der Waals surface area contributed by atoms with E-state index in [0.29, 0.717) is 0 Å². The van der Waals surface area contributed by atoms with Crippen molar-refractivity contribution in [3.05, 3.63) is 18.2 Å². The van der Waals surface area contributed by atoms with Crippen LogP contribution in [0.4, 0.5) is 11.4 Å². The Balaban J connectivity index is 3.05. The predicted molar refractivity (Wildman–Crippen MR) is 54.8 cm³/mol. The minimum Gasteiger partial charge on any atom is -0.491 e. The summed E-state index contributed by atoms with van der Waals surface area (Å²) in [5.74, 6) is 0.925. The second kappa shape index (κ2) is 4.14. The van der Waals surface area contributed by atoms with Gasteiger partial charge in [0.05, 0.1) is 14.2 Å². The normalized spacial score (nSPS) is 9.85. The van der Waals surface area contributed by atoms with Crippen LogP contribution in [0.5, 0.6) is 5.75 Å². The standard InChI is InChI=1S/C10H16N2O/c1-11-9-6-5-8(12(2)3)7-10(9)13-4/h5-7,11H,1-4H3/p+1. The van der Waals surface area contributed by atoms with E-state index < -0.39 is 0 Å². The number of benzene rings is 1. The molecule has 0 heterocycles. The van der Waals surface area contributed by atoms with Gasteiger partial charge in [-0.1, -0.05) is 0 Å². The van der Waals surface area contributed by atoms with Gasteiger partial charge in [0.25, 0.3) is 0 Å². The van der Waals surface area contributed by atoms with Crippen LogP contribution < -0.4 is 15.0 Å². The van der Waals surface area contributed by atoms with Crippen molar-refractivity contribution in [1.29, 1.82) is 0 Å². The lowest BCUT2D eigenvalue weighted by Gasteiger charge is -2.14. The molecule has 72 valence electrons. The number of nitrogens with two attached hydrogens (primary N) is 1. The second-order valence-electron chi connectivity index (χ2n) is 3.11. The molecule has 0 radical (unpaired) electrons.